The monoisotopic (exact) mass is 429 g/mol. The van der Waals surface area contributed by atoms with Crippen LogP contribution in [0.15, 0.2) is 42.6 Å². The molecule has 0 unspecified atom stereocenters. The van der Waals surface area contributed by atoms with Gasteiger partial charge in [-0.1, -0.05) is 5.21 Å². The Morgan fingerprint density at radius 3 is 2.65 bits per heavy atom. The smallest absolute Gasteiger partial charge is 0.407 e. The molecule has 0 spiro atoms. The average molecular weight is 429 g/mol. The molecule has 160 valence electrons. The molecule has 0 radical (unpaired) electrons. The van der Waals surface area contributed by atoms with Crippen molar-refractivity contribution in [3.8, 4) is 11.3 Å². The van der Waals surface area contributed by atoms with Gasteiger partial charge in [-0.3, -0.25) is 4.68 Å². The van der Waals surface area contributed by atoms with Crippen LogP contribution in [0.25, 0.3) is 22.2 Å². The fourth-order valence-corrected chi connectivity index (χ4v) is 3.33. The van der Waals surface area contributed by atoms with E-state index in [-0.39, 0.29) is 25.1 Å². The van der Waals surface area contributed by atoms with Crippen LogP contribution in [0.2, 0.25) is 0 Å². The molecule has 2 aromatic heterocycles. The van der Waals surface area contributed by atoms with E-state index in [0.29, 0.717) is 27.9 Å². The zero-order valence-corrected chi connectivity index (χ0v) is 16.5. The Labute approximate surface area is 174 Å². The summed E-state index contributed by atoms with van der Waals surface area (Å²) in [6.07, 6.45) is 1.18. The molecule has 0 bridgehead atoms. The number of alkyl carbamates (subject to hydrolysis) is 1. The maximum atomic E-state index is 14.3. The van der Waals surface area contributed by atoms with Crippen LogP contribution in [0.3, 0.4) is 0 Å². The third-order valence-corrected chi connectivity index (χ3v) is 4.71. The lowest BCUT2D eigenvalue weighted by Crippen LogP contribution is -2.24. The maximum Gasteiger partial charge on any atom is 0.407 e. The molecular formula is C21H18F3N5O2. The van der Waals surface area contributed by atoms with Crippen LogP contribution >= 0.6 is 0 Å². The SMILES string of the molecule is Cn1cc(CNC(=O)OCCc2c(-c3ccc(F)cc3)[nH]c3c(F)cc(F)cc23)nn1. The maximum absolute atomic E-state index is 14.3. The first kappa shape index (κ1) is 20.5. The van der Waals surface area contributed by atoms with Crippen LogP contribution in [-0.2, 0) is 24.8 Å². The van der Waals surface area contributed by atoms with Crippen LogP contribution in [0.1, 0.15) is 11.3 Å². The van der Waals surface area contributed by atoms with Gasteiger partial charge in [0.15, 0.2) is 0 Å². The summed E-state index contributed by atoms with van der Waals surface area (Å²) in [6, 6.07) is 7.62. The van der Waals surface area contributed by atoms with E-state index in [9.17, 15) is 18.0 Å². The molecule has 0 aliphatic rings. The highest BCUT2D eigenvalue weighted by Gasteiger charge is 2.18. The summed E-state index contributed by atoms with van der Waals surface area (Å²) in [5.74, 6) is -1.88. The fourth-order valence-electron chi connectivity index (χ4n) is 3.33. The number of benzene rings is 2. The fraction of sp³-hybridized carbons (Fsp3) is 0.190. The summed E-state index contributed by atoms with van der Waals surface area (Å²) >= 11 is 0. The molecule has 31 heavy (non-hydrogen) atoms. The van der Waals surface area contributed by atoms with E-state index in [0.717, 1.165) is 6.07 Å². The Kier molecular flexibility index (Phi) is 5.61. The number of aromatic amines is 1. The molecule has 1 amide bonds. The van der Waals surface area contributed by atoms with Gasteiger partial charge in [0.05, 0.1) is 18.7 Å². The van der Waals surface area contributed by atoms with E-state index in [4.69, 9.17) is 4.74 Å². The molecule has 2 aromatic carbocycles. The highest BCUT2D eigenvalue weighted by Crippen LogP contribution is 2.33. The standard InChI is InChI=1S/C21H18F3N5O2/c1-29-11-15(27-28-29)10-25-21(30)31-7-6-16-17-8-14(23)9-18(24)20(17)26-19(16)12-2-4-13(22)5-3-12/h2-5,8-9,11,26H,6-7,10H2,1H3,(H,25,30). The Hall–Kier alpha value is -3.82. The van der Waals surface area contributed by atoms with E-state index in [2.05, 4.69) is 20.6 Å². The second-order valence-electron chi connectivity index (χ2n) is 6.92. The highest BCUT2D eigenvalue weighted by molar-refractivity contribution is 5.91. The summed E-state index contributed by atoms with van der Waals surface area (Å²) in [4.78, 5) is 14.9. The number of H-pyrrole nitrogens is 1. The van der Waals surface area contributed by atoms with E-state index < -0.39 is 23.5 Å². The van der Waals surface area contributed by atoms with Crippen LogP contribution in [0.4, 0.5) is 18.0 Å². The molecule has 0 aliphatic heterocycles. The van der Waals surface area contributed by atoms with Gasteiger partial charge in [0, 0.05) is 36.8 Å². The summed E-state index contributed by atoms with van der Waals surface area (Å²) in [7, 11) is 1.71. The highest BCUT2D eigenvalue weighted by atomic mass is 19.1. The molecule has 7 nitrogen and oxygen atoms in total. The zero-order valence-electron chi connectivity index (χ0n) is 16.5. The van der Waals surface area contributed by atoms with Gasteiger partial charge in [-0.25, -0.2) is 18.0 Å². The average Bonchev–Trinajstić information content (AvgIpc) is 3.31. The zero-order chi connectivity index (χ0) is 22.0. The van der Waals surface area contributed by atoms with Gasteiger partial charge >= 0.3 is 6.09 Å². The van der Waals surface area contributed by atoms with Crippen molar-refractivity contribution in [1.82, 2.24) is 25.3 Å². The van der Waals surface area contributed by atoms with Crippen molar-refractivity contribution in [2.75, 3.05) is 6.61 Å². The predicted molar refractivity (Wildman–Crippen MR) is 107 cm³/mol. The minimum atomic E-state index is -0.743. The van der Waals surface area contributed by atoms with Crippen molar-refractivity contribution in [3.63, 3.8) is 0 Å². The summed E-state index contributed by atoms with van der Waals surface area (Å²) in [5.41, 5.74) is 2.35. The van der Waals surface area contributed by atoms with Gasteiger partial charge in [-0.05, 0) is 41.5 Å². The summed E-state index contributed by atoms with van der Waals surface area (Å²) < 4.78 is 48.2. The van der Waals surface area contributed by atoms with Crippen molar-refractivity contribution in [2.24, 2.45) is 7.05 Å². The Morgan fingerprint density at radius 1 is 1.16 bits per heavy atom. The second kappa shape index (κ2) is 8.50. The molecule has 2 heterocycles. The van der Waals surface area contributed by atoms with Gasteiger partial charge in [0.1, 0.15) is 23.1 Å². The number of amides is 1. The first-order chi connectivity index (χ1) is 14.9. The molecule has 0 fully saturated rings. The third-order valence-electron chi connectivity index (χ3n) is 4.71. The molecule has 0 saturated carbocycles. The number of carbonyl (C=O) groups excluding carboxylic acids is 1. The lowest BCUT2D eigenvalue weighted by atomic mass is 10.0. The minimum absolute atomic E-state index is 0.0361. The van der Waals surface area contributed by atoms with Gasteiger partial charge < -0.3 is 15.0 Å². The molecular weight excluding hydrogens is 411 g/mol. The number of ether oxygens (including phenoxy) is 1. The molecule has 4 rings (SSSR count). The molecule has 10 heteroatoms. The summed E-state index contributed by atoms with van der Waals surface area (Å²) in [6.45, 7) is 0.114. The number of aromatic nitrogens is 4. The van der Waals surface area contributed by atoms with E-state index in [1.54, 1.807) is 13.2 Å². The number of hydrogen-bond donors (Lipinski definition) is 2. The Balaban J connectivity index is 1.52. The number of fused-ring (bicyclic) bond motifs is 1. The number of nitrogens with one attached hydrogen (secondary N) is 2. The summed E-state index contributed by atoms with van der Waals surface area (Å²) in [5, 5.41) is 10.5. The Bertz CT molecular complexity index is 1230. The van der Waals surface area contributed by atoms with Gasteiger partial charge in [-0.15, -0.1) is 5.10 Å². The van der Waals surface area contributed by atoms with Crippen molar-refractivity contribution in [1.29, 1.82) is 0 Å². The lowest BCUT2D eigenvalue weighted by Gasteiger charge is -2.08. The molecule has 0 saturated heterocycles. The van der Waals surface area contributed by atoms with Gasteiger partial charge in [0.25, 0.3) is 0 Å². The number of halogens is 3. The number of carbonyl (C=O) groups is 1. The quantitative estimate of drug-likeness (QED) is 0.488. The number of rotatable bonds is 6. The first-order valence-electron chi connectivity index (χ1n) is 9.42. The van der Waals surface area contributed by atoms with Crippen LogP contribution in [0.5, 0.6) is 0 Å². The minimum Gasteiger partial charge on any atom is -0.449 e. The van der Waals surface area contributed by atoms with Gasteiger partial charge in [0.2, 0.25) is 0 Å². The number of nitrogens with zero attached hydrogens (tertiary/aromatic N) is 3. The van der Waals surface area contributed by atoms with Crippen molar-refractivity contribution >= 4 is 17.0 Å². The molecule has 4 aromatic rings. The van der Waals surface area contributed by atoms with Crippen molar-refractivity contribution < 1.29 is 22.7 Å². The Morgan fingerprint density at radius 2 is 1.94 bits per heavy atom. The lowest BCUT2D eigenvalue weighted by molar-refractivity contribution is 0.147. The largest absolute Gasteiger partial charge is 0.449 e. The first-order valence-corrected chi connectivity index (χ1v) is 9.42. The third kappa shape index (κ3) is 4.52. The normalized spacial score (nSPS) is 11.1. The van der Waals surface area contributed by atoms with E-state index >= 15 is 0 Å². The van der Waals surface area contributed by atoms with Crippen LogP contribution < -0.4 is 5.32 Å². The molecule has 0 atom stereocenters. The second-order valence-corrected chi connectivity index (χ2v) is 6.92. The van der Waals surface area contributed by atoms with E-state index in [1.807, 2.05) is 0 Å². The van der Waals surface area contributed by atoms with Crippen molar-refractivity contribution in [2.45, 2.75) is 13.0 Å². The van der Waals surface area contributed by atoms with Crippen LogP contribution in [0, 0.1) is 17.5 Å². The molecule has 2 N–H and O–H groups in total. The van der Waals surface area contributed by atoms with E-state index in [1.165, 1.54) is 35.0 Å². The van der Waals surface area contributed by atoms with Crippen molar-refractivity contribution in [3.05, 3.63) is 71.3 Å². The predicted octanol–water partition coefficient (Wildman–Crippen LogP) is 3.85. The van der Waals surface area contributed by atoms with Gasteiger partial charge in [-0.2, -0.15) is 0 Å². The molecule has 0 aliphatic carbocycles. The number of aryl methyl sites for hydroxylation is 1. The van der Waals surface area contributed by atoms with Crippen LogP contribution in [-0.4, -0.2) is 32.7 Å². The number of hydrogen-bond acceptors (Lipinski definition) is 4. The topological polar surface area (TPSA) is 84.8 Å².